The number of hydrogen-bond donors (Lipinski definition) is 0. The molecule has 0 aromatic rings. The van der Waals surface area contributed by atoms with Gasteiger partial charge in [-0.1, -0.05) is 13.3 Å². The quantitative estimate of drug-likeness (QED) is 0.188. The Kier molecular flexibility index (Phi) is 31.0. The average Bonchev–Trinajstić information content (AvgIpc) is 1.61. The minimum atomic E-state index is 0. The van der Waals surface area contributed by atoms with Gasteiger partial charge in [0.25, 0.3) is 0 Å². The molecule has 0 aliphatic carbocycles. The van der Waals surface area contributed by atoms with Crippen LogP contribution in [-0.2, 0) is 0 Å². The van der Waals surface area contributed by atoms with Gasteiger partial charge in [0.05, 0.1) is 0 Å². The fourth-order valence-corrected chi connectivity index (χ4v) is 0.265. The third kappa shape index (κ3) is 16.0. The van der Waals surface area contributed by atoms with E-state index in [0.717, 1.165) is 12.8 Å². The number of unbranched alkanes of at least 4 members (excludes halogenated alkanes) is 2. The number of rotatable bonds is 2. The summed E-state index contributed by atoms with van der Waals surface area (Å²) in [6.07, 6.45) is 9.57. The van der Waals surface area contributed by atoms with Gasteiger partial charge in [-0.05, 0) is 12.8 Å². The Balaban J connectivity index is -0.000000125. The van der Waals surface area contributed by atoms with Crippen LogP contribution in [0.1, 0.15) is 26.2 Å². The zero-order chi connectivity index (χ0) is 4.83. The van der Waals surface area contributed by atoms with Crippen molar-refractivity contribution in [2.45, 2.75) is 26.2 Å². The summed E-state index contributed by atoms with van der Waals surface area (Å²) in [5, 5.41) is 0. The van der Waals surface area contributed by atoms with E-state index in [2.05, 4.69) is 12.8 Å². The van der Waals surface area contributed by atoms with Crippen LogP contribution in [0.4, 0.5) is 0 Å². The molecule has 0 aromatic carbocycles. The van der Waals surface area contributed by atoms with Gasteiger partial charge in [0.2, 0.25) is 0 Å². The molecule has 42 valence electrons. The summed E-state index contributed by atoms with van der Waals surface area (Å²) in [4.78, 5) is 0. The summed E-state index contributed by atoms with van der Waals surface area (Å²) in [6.45, 7) is 2.11. The van der Waals surface area contributed by atoms with Crippen molar-refractivity contribution in [3.05, 3.63) is 6.42 Å². The van der Waals surface area contributed by atoms with Gasteiger partial charge in [-0.15, -0.1) is 0 Å². The van der Waals surface area contributed by atoms with Crippen molar-refractivity contribution in [2.24, 2.45) is 0 Å². The van der Waals surface area contributed by atoms with E-state index in [0.29, 0.717) is 0 Å². The molecule has 0 rings (SSSR count). The van der Waals surface area contributed by atoms with Crippen LogP contribution in [0.5, 0.6) is 0 Å². The van der Waals surface area contributed by atoms with Crippen LogP contribution in [0.15, 0.2) is 0 Å². The molecule has 0 aromatic heterocycles. The van der Waals surface area contributed by atoms with E-state index < -0.39 is 0 Å². The Morgan fingerprint density at radius 3 is 2.12 bits per heavy atom. The van der Waals surface area contributed by atoms with Crippen molar-refractivity contribution in [1.82, 2.24) is 0 Å². The monoisotopic (exact) mass is 140 g/mol. The van der Waals surface area contributed by atoms with Crippen molar-refractivity contribution in [1.29, 1.82) is 0 Å². The zero-order valence-corrected chi connectivity index (χ0v) is 7.38. The summed E-state index contributed by atoms with van der Waals surface area (Å²) < 4.78 is 0. The van der Waals surface area contributed by atoms with E-state index in [4.69, 9.17) is 6.42 Å². The molecule has 0 radical (unpaired) electrons. The van der Waals surface area contributed by atoms with Gasteiger partial charge in [0.1, 0.15) is 0 Å². The molecule has 0 aliphatic rings. The van der Waals surface area contributed by atoms with E-state index >= 15 is 0 Å². The van der Waals surface area contributed by atoms with Crippen LogP contribution in [0.2, 0.25) is 0 Å². The first-order valence-corrected chi connectivity index (χ1v) is 2.31. The third-order valence-electron chi connectivity index (χ3n) is 0.655. The van der Waals surface area contributed by atoms with Crippen molar-refractivity contribution < 1.29 is 12.4 Å². The molecule has 8 heavy (non-hydrogen) atoms. The Morgan fingerprint density at radius 2 is 2.00 bits per heavy atom. The number of hydrogen-bond acceptors (Lipinski definition) is 0. The third-order valence-corrected chi connectivity index (χ3v) is 0.655. The maximum absolute atomic E-state index is 6.46. The fraction of sp³-hybridized carbons (Fsp3) is 0.667. The molecule has 0 spiro atoms. The summed E-state index contributed by atoms with van der Waals surface area (Å²) in [6, 6.07) is 0. The zero-order valence-electron chi connectivity index (χ0n) is 5.21. The smallest absolute Gasteiger partial charge is 1.00 e. The largest absolute Gasteiger partial charge is 2.00 e. The molecule has 0 N–H and O–H groups in total. The molecule has 0 nitrogen and oxygen atoms in total. The minimum absolute atomic E-state index is 0. The van der Waals surface area contributed by atoms with E-state index in [-0.39, 0.29) is 35.5 Å². The fourth-order valence-electron chi connectivity index (χ4n) is 0.265. The SMILES string of the molecule is [C-]#CCCCC.[Cl-].[Mg+2]. The Bertz CT molecular complexity index is 56.0. The first-order chi connectivity index (χ1) is 2.91. The second kappa shape index (κ2) is 15.6. The molecule has 0 heterocycles. The van der Waals surface area contributed by atoms with Crippen molar-refractivity contribution in [3.8, 4) is 5.92 Å². The Morgan fingerprint density at radius 1 is 1.50 bits per heavy atom. The van der Waals surface area contributed by atoms with E-state index in [1.807, 2.05) is 0 Å². The summed E-state index contributed by atoms with van der Waals surface area (Å²) in [5.41, 5.74) is 0. The molecule has 0 atom stereocenters. The van der Waals surface area contributed by atoms with Gasteiger partial charge in [-0.2, -0.15) is 0 Å². The second-order valence-corrected chi connectivity index (χ2v) is 1.28. The molecular formula is C6H9ClMg. The van der Waals surface area contributed by atoms with Crippen molar-refractivity contribution in [3.63, 3.8) is 0 Å². The first kappa shape index (κ1) is 15.8. The van der Waals surface area contributed by atoms with Gasteiger partial charge in [0, 0.05) is 0 Å². The molecule has 0 unspecified atom stereocenters. The van der Waals surface area contributed by atoms with E-state index in [1.54, 1.807) is 0 Å². The van der Waals surface area contributed by atoms with Crippen LogP contribution in [0, 0.1) is 12.3 Å². The van der Waals surface area contributed by atoms with Gasteiger partial charge >= 0.3 is 23.1 Å². The first-order valence-electron chi connectivity index (χ1n) is 2.31. The average molecular weight is 141 g/mol. The van der Waals surface area contributed by atoms with E-state index in [1.165, 1.54) is 6.42 Å². The second-order valence-electron chi connectivity index (χ2n) is 1.28. The maximum Gasteiger partial charge on any atom is 2.00 e. The minimum Gasteiger partial charge on any atom is -1.00 e. The topological polar surface area (TPSA) is 0 Å². The molecule has 0 saturated heterocycles. The molecule has 0 saturated carbocycles. The molecule has 0 bridgehead atoms. The van der Waals surface area contributed by atoms with Gasteiger partial charge in [-0.3, -0.25) is 0 Å². The van der Waals surface area contributed by atoms with Crippen LogP contribution < -0.4 is 12.4 Å². The van der Waals surface area contributed by atoms with Crippen molar-refractivity contribution >= 4 is 23.1 Å². The van der Waals surface area contributed by atoms with Gasteiger partial charge in [0.15, 0.2) is 0 Å². The predicted molar refractivity (Wildman–Crippen MR) is 32.4 cm³/mol. The maximum atomic E-state index is 6.46. The number of halogens is 1. The van der Waals surface area contributed by atoms with Crippen LogP contribution in [0.3, 0.4) is 0 Å². The van der Waals surface area contributed by atoms with E-state index in [9.17, 15) is 0 Å². The summed E-state index contributed by atoms with van der Waals surface area (Å²) in [7, 11) is 0. The van der Waals surface area contributed by atoms with Crippen LogP contribution >= 0.6 is 0 Å². The van der Waals surface area contributed by atoms with Gasteiger partial charge < -0.3 is 24.8 Å². The predicted octanol–water partition coefficient (Wildman–Crippen LogP) is -1.61. The molecule has 0 aliphatic heterocycles. The summed E-state index contributed by atoms with van der Waals surface area (Å²) in [5.74, 6) is 2.32. The molecule has 0 fully saturated rings. The summed E-state index contributed by atoms with van der Waals surface area (Å²) >= 11 is 0. The Hall–Kier alpha value is 0.616. The standard InChI is InChI=1S/C6H9.ClH.Mg/c1-3-5-6-4-2;;/h3,5-6H2,1H3;1H;/q-1;;+2/p-1. The molecule has 0 amide bonds. The van der Waals surface area contributed by atoms with Crippen LogP contribution in [-0.4, -0.2) is 23.1 Å². The Labute approximate surface area is 74.0 Å². The van der Waals surface area contributed by atoms with Crippen molar-refractivity contribution in [2.75, 3.05) is 0 Å². The molecule has 2 heteroatoms. The normalized spacial score (nSPS) is 5.50. The van der Waals surface area contributed by atoms with Gasteiger partial charge in [-0.25, -0.2) is 0 Å². The molecular weight excluding hydrogens is 132 g/mol. The van der Waals surface area contributed by atoms with Crippen LogP contribution in [0.25, 0.3) is 0 Å².